The third-order valence-corrected chi connectivity index (χ3v) is 5.37. The first-order valence-electron chi connectivity index (χ1n) is 10.7. The fraction of sp³-hybridized carbons (Fsp3) is 0.154. The predicted molar refractivity (Wildman–Crippen MR) is 126 cm³/mol. The molecule has 0 saturated heterocycles. The van der Waals surface area contributed by atoms with E-state index in [1.165, 1.54) is 12.1 Å². The first-order valence-corrected chi connectivity index (χ1v) is 10.7. The molecular weight excluding hydrogens is 443 g/mol. The van der Waals surface area contributed by atoms with Crippen LogP contribution in [-0.4, -0.2) is 17.9 Å². The van der Waals surface area contributed by atoms with E-state index in [2.05, 4.69) is 10.6 Å². The lowest BCUT2D eigenvalue weighted by molar-refractivity contribution is -0.137. The lowest BCUT2D eigenvalue weighted by Crippen LogP contribution is -2.26. The quantitative estimate of drug-likeness (QED) is 0.260. The second-order valence-electron chi connectivity index (χ2n) is 8.04. The first-order chi connectivity index (χ1) is 16.2. The number of hydrogen-bond donors (Lipinski definition) is 3. The second-order valence-corrected chi connectivity index (χ2v) is 8.04. The van der Waals surface area contributed by atoms with Crippen LogP contribution in [0.3, 0.4) is 0 Å². The molecule has 0 heterocycles. The molecule has 1 saturated carbocycles. The third kappa shape index (κ3) is 5.64. The minimum Gasteiger partial charge on any atom is -0.397 e. The van der Waals surface area contributed by atoms with Crippen molar-refractivity contribution in [3.63, 3.8) is 0 Å². The molecule has 5 nitrogen and oxygen atoms in total. The van der Waals surface area contributed by atoms with Crippen LogP contribution in [0.4, 0.5) is 24.5 Å². The Kier molecular flexibility index (Phi) is 6.40. The number of amides is 2. The molecule has 0 atom stereocenters. The summed E-state index contributed by atoms with van der Waals surface area (Å²) in [6.07, 6.45) is -1.11. The molecule has 0 radical (unpaired) electrons. The Labute approximate surface area is 194 Å². The summed E-state index contributed by atoms with van der Waals surface area (Å²) in [4.78, 5) is 25.3. The standard InChI is InChI=1S/C26H22F3N3O2/c27-26(28,29)19-11-9-17(10-12-19)21(25(34)31-20-13-14-20)15-16-5-7-18(8-6-16)24(33)32-23-4-2-1-3-22(23)30/h1-12,15,20H,13-14,30H2,(H,31,34)(H,32,33). The number of nitrogens with two attached hydrogens (primary N) is 1. The van der Waals surface area contributed by atoms with E-state index < -0.39 is 11.7 Å². The first kappa shape index (κ1) is 23.1. The summed E-state index contributed by atoms with van der Waals surface area (Å²) in [7, 11) is 0. The molecule has 3 aromatic rings. The van der Waals surface area contributed by atoms with Crippen LogP contribution in [0.1, 0.15) is 39.9 Å². The van der Waals surface area contributed by atoms with Crippen LogP contribution in [0.5, 0.6) is 0 Å². The molecule has 8 heteroatoms. The van der Waals surface area contributed by atoms with E-state index in [1.807, 2.05) is 0 Å². The van der Waals surface area contributed by atoms with E-state index in [0.29, 0.717) is 28.1 Å². The Hall–Kier alpha value is -4.07. The summed E-state index contributed by atoms with van der Waals surface area (Å²) in [6.45, 7) is 0. The van der Waals surface area contributed by atoms with E-state index in [-0.39, 0.29) is 23.4 Å². The van der Waals surface area contributed by atoms with Gasteiger partial charge in [-0.2, -0.15) is 13.2 Å². The Morgan fingerprint density at radius 1 is 0.882 bits per heavy atom. The molecule has 4 rings (SSSR count). The van der Waals surface area contributed by atoms with Gasteiger partial charge in [0.05, 0.1) is 16.9 Å². The van der Waals surface area contributed by atoms with Crippen molar-refractivity contribution in [2.24, 2.45) is 0 Å². The molecular formula is C26H22F3N3O2. The molecule has 4 N–H and O–H groups in total. The van der Waals surface area contributed by atoms with E-state index in [1.54, 1.807) is 54.6 Å². The second kappa shape index (κ2) is 9.43. The number of anilines is 2. The number of hydrogen-bond acceptors (Lipinski definition) is 3. The molecule has 1 fully saturated rings. The van der Waals surface area contributed by atoms with E-state index in [0.717, 1.165) is 25.0 Å². The summed E-state index contributed by atoms with van der Waals surface area (Å²) in [5.41, 5.74) is 7.64. The number of nitrogens with one attached hydrogen (secondary N) is 2. The number of rotatable bonds is 6. The summed E-state index contributed by atoms with van der Waals surface area (Å²) in [5, 5.41) is 5.62. The van der Waals surface area contributed by atoms with Crippen molar-refractivity contribution >= 4 is 34.8 Å². The van der Waals surface area contributed by atoms with Gasteiger partial charge in [0, 0.05) is 17.2 Å². The molecule has 1 aliphatic carbocycles. The van der Waals surface area contributed by atoms with Crippen LogP contribution in [0.2, 0.25) is 0 Å². The predicted octanol–water partition coefficient (Wildman–Crippen LogP) is 5.36. The molecule has 0 spiro atoms. The van der Waals surface area contributed by atoms with Crippen molar-refractivity contribution in [1.82, 2.24) is 5.32 Å². The topological polar surface area (TPSA) is 84.2 Å². The third-order valence-electron chi connectivity index (χ3n) is 5.37. The average molecular weight is 465 g/mol. The van der Waals surface area contributed by atoms with Gasteiger partial charge < -0.3 is 16.4 Å². The molecule has 0 aliphatic heterocycles. The number of nitrogen functional groups attached to an aromatic ring is 1. The maximum atomic E-state index is 12.9. The van der Waals surface area contributed by atoms with Gasteiger partial charge in [0.25, 0.3) is 11.8 Å². The van der Waals surface area contributed by atoms with Gasteiger partial charge in [-0.05, 0) is 66.4 Å². The molecule has 0 aromatic heterocycles. The van der Waals surface area contributed by atoms with Crippen molar-refractivity contribution < 1.29 is 22.8 Å². The van der Waals surface area contributed by atoms with Crippen molar-refractivity contribution in [2.75, 3.05) is 11.1 Å². The SMILES string of the molecule is Nc1ccccc1NC(=O)c1ccc(C=C(C(=O)NC2CC2)c2ccc(C(F)(F)F)cc2)cc1. The minimum absolute atomic E-state index is 0.0850. The maximum absolute atomic E-state index is 12.9. The molecule has 3 aromatic carbocycles. The minimum atomic E-state index is -4.46. The molecule has 0 bridgehead atoms. The molecule has 174 valence electrons. The smallest absolute Gasteiger partial charge is 0.397 e. The monoisotopic (exact) mass is 465 g/mol. The van der Waals surface area contributed by atoms with Gasteiger partial charge in [-0.3, -0.25) is 9.59 Å². The molecule has 2 amide bonds. The largest absolute Gasteiger partial charge is 0.416 e. The molecule has 34 heavy (non-hydrogen) atoms. The van der Waals surface area contributed by atoms with Gasteiger partial charge in [0.2, 0.25) is 0 Å². The Morgan fingerprint density at radius 3 is 2.09 bits per heavy atom. The van der Waals surface area contributed by atoms with Crippen LogP contribution in [0.25, 0.3) is 11.6 Å². The van der Waals surface area contributed by atoms with E-state index in [4.69, 9.17) is 5.73 Å². The van der Waals surface area contributed by atoms with Crippen molar-refractivity contribution in [2.45, 2.75) is 25.1 Å². The van der Waals surface area contributed by atoms with Gasteiger partial charge in [-0.15, -0.1) is 0 Å². The van der Waals surface area contributed by atoms with Gasteiger partial charge in [-0.25, -0.2) is 0 Å². The zero-order chi connectivity index (χ0) is 24.3. The van der Waals surface area contributed by atoms with Crippen molar-refractivity contribution in [1.29, 1.82) is 0 Å². The Bertz CT molecular complexity index is 1230. The number of benzene rings is 3. The number of alkyl halides is 3. The van der Waals surface area contributed by atoms with E-state index >= 15 is 0 Å². The number of halogens is 3. The van der Waals surface area contributed by atoms with Gasteiger partial charge >= 0.3 is 6.18 Å². The van der Waals surface area contributed by atoms with Gasteiger partial charge in [0.1, 0.15) is 0 Å². The number of carbonyl (C=O) groups is 2. The molecule has 0 unspecified atom stereocenters. The summed E-state index contributed by atoms with van der Waals surface area (Å²) >= 11 is 0. The normalized spacial score (nSPS) is 13.9. The summed E-state index contributed by atoms with van der Waals surface area (Å²) in [6, 6.07) is 18.0. The van der Waals surface area contributed by atoms with Crippen molar-refractivity contribution in [3.05, 3.63) is 95.1 Å². The van der Waals surface area contributed by atoms with Crippen LogP contribution < -0.4 is 16.4 Å². The summed E-state index contributed by atoms with van der Waals surface area (Å²) in [5.74, 6) is -0.702. The highest BCUT2D eigenvalue weighted by atomic mass is 19.4. The average Bonchev–Trinajstić information content (AvgIpc) is 3.63. The van der Waals surface area contributed by atoms with Crippen LogP contribution in [0, 0.1) is 0 Å². The highest BCUT2D eigenvalue weighted by Gasteiger charge is 2.30. The zero-order valence-electron chi connectivity index (χ0n) is 18.0. The molecule has 1 aliphatic rings. The lowest BCUT2D eigenvalue weighted by atomic mass is 9.99. The van der Waals surface area contributed by atoms with Crippen LogP contribution >= 0.6 is 0 Å². The highest BCUT2D eigenvalue weighted by molar-refractivity contribution is 6.24. The number of carbonyl (C=O) groups excluding carboxylic acids is 2. The Balaban J connectivity index is 1.57. The van der Waals surface area contributed by atoms with E-state index in [9.17, 15) is 22.8 Å². The Morgan fingerprint density at radius 2 is 1.50 bits per heavy atom. The fourth-order valence-corrected chi connectivity index (χ4v) is 3.31. The number of para-hydroxylation sites is 2. The summed E-state index contributed by atoms with van der Waals surface area (Å²) < 4.78 is 38.8. The zero-order valence-corrected chi connectivity index (χ0v) is 18.0. The van der Waals surface area contributed by atoms with Crippen LogP contribution in [-0.2, 0) is 11.0 Å². The lowest BCUT2D eigenvalue weighted by Gasteiger charge is -2.12. The van der Waals surface area contributed by atoms with Crippen LogP contribution in [0.15, 0.2) is 72.8 Å². The highest BCUT2D eigenvalue weighted by Crippen LogP contribution is 2.31. The van der Waals surface area contributed by atoms with Crippen molar-refractivity contribution in [3.8, 4) is 0 Å². The fourth-order valence-electron chi connectivity index (χ4n) is 3.31. The van der Waals surface area contributed by atoms with Gasteiger partial charge in [-0.1, -0.05) is 36.4 Å². The van der Waals surface area contributed by atoms with Gasteiger partial charge in [0.15, 0.2) is 0 Å². The maximum Gasteiger partial charge on any atom is 0.416 e.